The minimum Gasteiger partial charge on any atom is -0.475 e. The number of nitrogens with one attached hydrogen (secondary N) is 2. The molecule has 1 fully saturated rings. The first-order chi connectivity index (χ1) is 15.0. The van der Waals surface area contributed by atoms with Crippen molar-refractivity contribution in [2.75, 3.05) is 25.0 Å². The van der Waals surface area contributed by atoms with Crippen molar-refractivity contribution in [3.05, 3.63) is 60.6 Å². The summed E-state index contributed by atoms with van der Waals surface area (Å²) in [5.74, 6) is 4.12. The summed E-state index contributed by atoms with van der Waals surface area (Å²) < 4.78 is 32.2. The van der Waals surface area contributed by atoms with Gasteiger partial charge in [-0.05, 0) is 36.6 Å². The molecule has 1 saturated heterocycles. The Morgan fingerprint density at radius 3 is 2.97 bits per heavy atom. The number of H-pyrrole nitrogens is 1. The predicted molar refractivity (Wildman–Crippen MR) is 111 cm³/mol. The van der Waals surface area contributed by atoms with Crippen LogP contribution in [-0.4, -0.2) is 51.5 Å². The Kier molecular flexibility index (Phi) is 5.80. The van der Waals surface area contributed by atoms with Gasteiger partial charge in [-0.2, -0.15) is 0 Å². The van der Waals surface area contributed by atoms with Gasteiger partial charge in [-0.15, -0.1) is 0 Å². The van der Waals surface area contributed by atoms with Crippen LogP contribution >= 0.6 is 0 Å². The van der Waals surface area contributed by atoms with E-state index in [1.54, 1.807) is 11.0 Å². The van der Waals surface area contributed by atoms with Crippen molar-refractivity contribution in [2.45, 2.75) is 12.5 Å². The molecule has 2 aromatic heterocycles. The molecule has 1 aromatic carbocycles. The van der Waals surface area contributed by atoms with E-state index in [0.29, 0.717) is 30.2 Å². The molecule has 0 radical (unpaired) electrons. The molecule has 7 nitrogen and oxygen atoms in total. The first-order valence-corrected chi connectivity index (χ1v) is 9.62. The Bertz CT molecular complexity index is 1180. The molecule has 0 aliphatic carbocycles. The maximum absolute atomic E-state index is 13.6. The minimum absolute atomic E-state index is 0.0653. The second-order valence-corrected chi connectivity index (χ2v) is 6.93. The second-order valence-electron chi connectivity index (χ2n) is 6.93. The molecule has 31 heavy (non-hydrogen) atoms. The Morgan fingerprint density at radius 2 is 2.19 bits per heavy atom. The van der Waals surface area contributed by atoms with Crippen LogP contribution in [0.25, 0.3) is 11.0 Å². The number of ether oxygens (including phenoxy) is 1. The van der Waals surface area contributed by atoms with E-state index in [0.717, 1.165) is 23.9 Å². The first kappa shape index (κ1) is 20.3. The van der Waals surface area contributed by atoms with Gasteiger partial charge >= 0.3 is 0 Å². The van der Waals surface area contributed by atoms with Crippen LogP contribution in [0, 0.1) is 23.5 Å². The lowest BCUT2D eigenvalue weighted by Gasteiger charge is -2.15. The van der Waals surface area contributed by atoms with Crippen LogP contribution in [0.5, 0.6) is 5.75 Å². The van der Waals surface area contributed by atoms with Crippen LogP contribution in [0.1, 0.15) is 12.1 Å². The molecule has 9 heteroatoms. The lowest BCUT2D eigenvalue weighted by Crippen LogP contribution is -2.30. The average Bonchev–Trinajstić information content (AvgIpc) is 3.39. The van der Waals surface area contributed by atoms with Gasteiger partial charge in [-0.1, -0.05) is 18.6 Å². The first-order valence-electron chi connectivity index (χ1n) is 9.62. The number of para-hydroxylation sites is 1. The zero-order valence-corrected chi connectivity index (χ0v) is 16.5. The maximum Gasteiger partial charge on any atom is 0.246 e. The number of nitrogens with zero attached hydrogens (tertiary/aromatic N) is 3. The number of hydrogen-bond acceptors (Lipinski definition) is 5. The number of rotatable bonds is 5. The van der Waals surface area contributed by atoms with Gasteiger partial charge in [0.15, 0.2) is 17.4 Å². The Hall–Kier alpha value is -3.93. The van der Waals surface area contributed by atoms with E-state index in [-0.39, 0.29) is 18.6 Å². The van der Waals surface area contributed by atoms with Gasteiger partial charge in [0.25, 0.3) is 0 Å². The number of carbonyl (C=O) groups excluding carboxylic acids is 1. The van der Waals surface area contributed by atoms with E-state index < -0.39 is 17.4 Å². The predicted octanol–water partition coefficient (Wildman–Crippen LogP) is 2.87. The SMILES string of the molecule is C=CC(=O)N1CCC(Nc2ncnc3[nH]c(C#CCOc4c(F)cccc4F)cc23)C1. The van der Waals surface area contributed by atoms with Crippen molar-refractivity contribution >= 4 is 22.8 Å². The number of halogens is 2. The third kappa shape index (κ3) is 4.48. The zero-order chi connectivity index (χ0) is 21.8. The summed E-state index contributed by atoms with van der Waals surface area (Å²) in [6.45, 7) is 4.56. The van der Waals surface area contributed by atoms with Gasteiger partial charge in [0.05, 0.1) is 11.1 Å². The Labute approximate surface area is 177 Å². The third-order valence-corrected chi connectivity index (χ3v) is 4.87. The molecule has 0 bridgehead atoms. The normalized spacial score (nSPS) is 15.4. The van der Waals surface area contributed by atoms with E-state index in [4.69, 9.17) is 4.74 Å². The number of hydrogen-bond donors (Lipinski definition) is 2. The fraction of sp³-hybridized carbons (Fsp3) is 0.227. The zero-order valence-electron chi connectivity index (χ0n) is 16.5. The molecular weight excluding hydrogens is 404 g/mol. The third-order valence-electron chi connectivity index (χ3n) is 4.87. The molecule has 2 N–H and O–H groups in total. The number of amides is 1. The number of carbonyl (C=O) groups is 1. The molecule has 1 amide bonds. The lowest BCUT2D eigenvalue weighted by atomic mass is 10.2. The van der Waals surface area contributed by atoms with E-state index in [1.807, 2.05) is 0 Å². The van der Waals surface area contributed by atoms with Crippen molar-refractivity contribution in [3.8, 4) is 17.6 Å². The molecule has 1 aliphatic heterocycles. The summed E-state index contributed by atoms with van der Waals surface area (Å²) >= 11 is 0. The van der Waals surface area contributed by atoms with Crippen molar-refractivity contribution < 1.29 is 18.3 Å². The van der Waals surface area contributed by atoms with Gasteiger partial charge in [0.2, 0.25) is 5.91 Å². The van der Waals surface area contributed by atoms with Gasteiger partial charge in [0.1, 0.15) is 24.4 Å². The fourth-order valence-electron chi connectivity index (χ4n) is 3.38. The Morgan fingerprint density at radius 1 is 1.39 bits per heavy atom. The molecule has 4 rings (SSSR count). The molecule has 158 valence electrons. The largest absolute Gasteiger partial charge is 0.475 e. The monoisotopic (exact) mass is 423 g/mol. The van der Waals surface area contributed by atoms with Gasteiger partial charge in [0, 0.05) is 19.1 Å². The van der Waals surface area contributed by atoms with Crippen molar-refractivity contribution in [1.82, 2.24) is 19.9 Å². The number of likely N-dealkylation sites (tertiary alicyclic amines) is 1. The Balaban J connectivity index is 1.44. The molecule has 0 saturated carbocycles. The van der Waals surface area contributed by atoms with Gasteiger partial charge in [-0.3, -0.25) is 4.79 Å². The molecule has 1 atom stereocenters. The lowest BCUT2D eigenvalue weighted by molar-refractivity contribution is -0.125. The van der Waals surface area contributed by atoms with Crippen LogP contribution in [-0.2, 0) is 4.79 Å². The van der Waals surface area contributed by atoms with Crippen LogP contribution in [0.4, 0.5) is 14.6 Å². The number of aromatic nitrogens is 3. The van der Waals surface area contributed by atoms with Gasteiger partial charge < -0.3 is 19.9 Å². The van der Waals surface area contributed by atoms with E-state index in [2.05, 4.69) is 38.7 Å². The number of aromatic amines is 1. The summed E-state index contributed by atoms with van der Waals surface area (Å²) in [5.41, 5.74) is 1.16. The summed E-state index contributed by atoms with van der Waals surface area (Å²) in [6.07, 6.45) is 3.54. The fourth-order valence-corrected chi connectivity index (χ4v) is 3.38. The quantitative estimate of drug-likeness (QED) is 0.487. The number of fused-ring (bicyclic) bond motifs is 1. The van der Waals surface area contributed by atoms with Crippen molar-refractivity contribution in [2.24, 2.45) is 0 Å². The van der Waals surface area contributed by atoms with Crippen LogP contribution in [0.15, 0.2) is 43.2 Å². The second kappa shape index (κ2) is 8.83. The highest BCUT2D eigenvalue weighted by molar-refractivity contribution is 5.89. The molecular formula is C22H19F2N5O2. The van der Waals surface area contributed by atoms with Crippen molar-refractivity contribution in [1.29, 1.82) is 0 Å². The molecule has 1 unspecified atom stereocenters. The molecule has 1 aliphatic rings. The highest BCUT2D eigenvalue weighted by Gasteiger charge is 2.25. The summed E-state index contributed by atoms with van der Waals surface area (Å²) in [4.78, 5) is 25.1. The van der Waals surface area contributed by atoms with Crippen LogP contribution in [0.2, 0.25) is 0 Å². The van der Waals surface area contributed by atoms with E-state index in [1.165, 1.54) is 18.5 Å². The van der Waals surface area contributed by atoms with Crippen LogP contribution < -0.4 is 10.1 Å². The highest BCUT2D eigenvalue weighted by Crippen LogP contribution is 2.23. The molecule has 3 heterocycles. The number of benzene rings is 1. The maximum atomic E-state index is 13.6. The summed E-state index contributed by atoms with van der Waals surface area (Å²) in [7, 11) is 0. The van der Waals surface area contributed by atoms with Crippen molar-refractivity contribution in [3.63, 3.8) is 0 Å². The van der Waals surface area contributed by atoms with Gasteiger partial charge in [-0.25, -0.2) is 18.7 Å². The molecule has 3 aromatic rings. The topological polar surface area (TPSA) is 83.1 Å². The standard InChI is InChI=1S/C22H19F2N5O2/c1-2-19(30)29-9-8-15(12-29)28-22-16-11-14(27-21(16)25-13-26-22)5-4-10-31-20-17(23)6-3-7-18(20)24/h2-3,6-7,11,13,15H,1,8-10,12H2,(H2,25,26,27,28). The smallest absolute Gasteiger partial charge is 0.246 e. The highest BCUT2D eigenvalue weighted by atomic mass is 19.1. The number of anilines is 1. The minimum atomic E-state index is -0.779. The average molecular weight is 423 g/mol. The summed E-state index contributed by atoms with van der Waals surface area (Å²) in [6, 6.07) is 5.35. The molecule has 0 spiro atoms. The van der Waals surface area contributed by atoms with E-state index >= 15 is 0 Å². The van der Waals surface area contributed by atoms with E-state index in [9.17, 15) is 13.6 Å². The van der Waals surface area contributed by atoms with Crippen LogP contribution in [0.3, 0.4) is 0 Å². The summed E-state index contributed by atoms with van der Waals surface area (Å²) in [5, 5.41) is 4.10.